The first-order chi connectivity index (χ1) is 10.3. The largest absolute Gasteiger partial charge is 0.478 e. The number of hydrogen-bond donors (Lipinski definition) is 1. The highest BCUT2D eigenvalue weighted by atomic mass is 16.6. The summed E-state index contributed by atoms with van der Waals surface area (Å²) >= 11 is 0. The molecule has 1 aromatic rings. The summed E-state index contributed by atoms with van der Waals surface area (Å²) in [6, 6.07) is 8.77. The smallest absolute Gasteiger partial charge is 0.336 e. The number of benzene rings is 1. The summed E-state index contributed by atoms with van der Waals surface area (Å²) in [7, 11) is 0. The summed E-state index contributed by atoms with van der Waals surface area (Å²) in [6.45, 7) is 2.98. The number of esters is 1. The predicted octanol–water partition coefficient (Wildman–Crippen LogP) is 3.02. The molecule has 1 atom stereocenters. The van der Waals surface area contributed by atoms with Gasteiger partial charge in [0, 0.05) is 6.92 Å². The SMILES string of the molecule is CC(=O)O[C@@](C)(/C=C/c1ccccc1C(=O)O)C1(C#N)CC1. The highest BCUT2D eigenvalue weighted by molar-refractivity contribution is 5.92. The Hall–Kier alpha value is -2.61. The Labute approximate surface area is 128 Å². The van der Waals surface area contributed by atoms with Crippen molar-refractivity contribution in [1.82, 2.24) is 0 Å². The number of carbonyl (C=O) groups excluding carboxylic acids is 1. The third-order valence-corrected chi connectivity index (χ3v) is 4.04. The molecule has 0 bridgehead atoms. The van der Waals surface area contributed by atoms with E-state index in [4.69, 9.17) is 4.74 Å². The lowest BCUT2D eigenvalue weighted by molar-refractivity contribution is -0.154. The second kappa shape index (κ2) is 5.64. The number of aromatic carboxylic acids is 1. The fourth-order valence-corrected chi connectivity index (χ4v) is 2.52. The topological polar surface area (TPSA) is 87.4 Å². The van der Waals surface area contributed by atoms with Gasteiger partial charge in [-0.05, 0) is 37.5 Å². The van der Waals surface area contributed by atoms with E-state index in [9.17, 15) is 20.0 Å². The minimum Gasteiger partial charge on any atom is -0.478 e. The molecule has 0 amide bonds. The van der Waals surface area contributed by atoms with Gasteiger partial charge < -0.3 is 9.84 Å². The van der Waals surface area contributed by atoms with E-state index in [0.717, 1.165) is 0 Å². The zero-order valence-electron chi connectivity index (χ0n) is 12.5. The van der Waals surface area contributed by atoms with E-state index < -0.39 is 23.0 Å². The molecular weight excluding hydrogens is 282 g/mol. The van der Waals surface area contributed by atoms with Gasteiger partial charge in [-0.3, -0.25) is 4.79 Å². The maximum Gasteiger partial charge on any atom is 0.336 e. The minimum atomic E-state index is -1.07. The van der Waals surface area contributed by atoms with Crippen LogP contribution in [-0.2, 0) is 9.53 Å². The van der Waals surface area contributed by atoms with E-state index in [1.807, 2.05) is 0 Å². The Morgan fingerprint density at radius 2 is 2.05 bits per heavy atom. The van der Waals surface area contributed by atoms with Crippen LogP contribution >= 0.6 is 0 Å². The number of carboxylic acids is 1. The molecule has 2 rings (SSSR count). The van der Waals surface area contributed by atoms with Gasteiger partial charge in [-0.2, -0.15) is 5.26 Å². The summed E-state index contributed by atoms with van der Waals surface area (Å²) in [4.78, 5) is 22.6. The van der Waals surface area contributed by atoms with Crippen molar-refractivity contribution in [3.63, 3.8) is 0 Å². The summed E-state index contributed by atoms with van der Waals surface area (Å²) in [6.07, 6.45) is 4.52. The fraction of sp³-hybridized carbons (Fsp3) is 0.353. The molecule has 0 radical (unpaired) electrons. The van der Waals surface area contributed by atoms with Crippen LogP contribution in [-0.4, -0.2) is 22.6 Å². The lowest BCUT2D eigenvalue weighted by Crippen LogP contribution is -2.38. The molecule has 1 aliphatic carbocycles. The Kier molecular flexibility index (Phi) is 4.05. The highest BCUT2D eigenvalue weighted by Gasteiger charge is 2.59. The number of nitriles is 1. The zero-order chi connectivity index (χ0) is 16.4. The van der Waals surface area contributed by atoms with Crippen molar-refractivity contribution in [2.24, 2.45) is 5.41 Å². The molecule has 1 aromatic carbocycles. The number of carbonyl (C=O) groups is 2. The average molecular weight is 299 g/mol. The zero-order valence-corrected chi connectivity index (χ0v) is 12.5. The van der Waals surface area contributed by atoms with E-state index in [1.165, 1.54) is 13.0 Å². The maximum absolute atomic E-state index is 11.4. The maximum atomic E-state index is 11.4. The molecule has 1 aliphatic rings. The van der Waals surface area contributed by atoms with Gasteiger partial charge in [0.2, 0.25) is 0 Å². The standard InChI is InChI=1S/C17H17NO4/c1-12(19)22-16(2,17(11-18)9-10-17)8-7-13-5-3-4-6-14(13)15(20)21/h3-8H,9-10H2,1-2H3,(H,20,21)/b8-7+/t16-/m0/s1. The molecule has 1 fully saturated rings. The van der Waals surface area contributed by atoms with Crippen molar-refractivity contribution in [2.75, 3.05) is 0 Å². The third kappa shape index (κ3) is 2.86. The first-order valence-corrected chi connectivity index (χ1v) is 6.96. The summed E-state index contributed by atoms with van der Waals surface area (Å²) in [5.74, 6) is -1.50. The number of ether oxygens (including phenoxy) is 1. The van der Waals surface area contributed by atoms with Crippen LogP contribution < -0.4 is 0 Å². The first kappa shape index (κ1) is 15.8. The van der Waals surface area contributed by atoms with Crippen LogP contribution in [0.5, 0.6) is 0 Å². The van der Waals surface area contributed by atoms with Crippen molar-refractivity contribution >= 4 is 18.0 Å². The van der Waals surface area contributed by atoms with Gasteiger partial charge in [0.05, 0.1) is 11.6 Å². The van der Waals surface area contributed by atoms with Crippen molar-refractivity contribution in [3.05, 3.63) is 41.5 Å². The number of rotatable bonds is 5. The quantitative estimate of drug-likeness (QED) is 0.844. The first-order valence-electron chi connectivity index (χ1n) is 6.96. The van der Waals surface area contributed by atoms with E-state index in [1.54, 1.807) is 37.3 Å². The molecule has 22 heavy (non-hydrogen) atoms. The molecule has 0 saturated heterocycles. The van der Waals surface area contributed by atoms with E-state index in [-0.39, 0.29) is 5.56 Å². The molecule has 0 aromatic heterocycles. The normalized spacial score (nSPS) is 18.2. The number of nitrogens with zero attached hydrogens (tertiary/aromatic N) is 1. The predicted molar refractivity (Wildman–Crippen MR) is 79.9 cm³/mol. The second-order valence-corrected chi connectivity index (χ2v) is 5.62. The molecule has 0 unspecified atom stereocenters. The van der Waals surface area contributed by atoms with E-state index in [2.05, 4.69) is 6.07 Å². The van der Waals surface area contributed by atoms with Gasteiger partial charge in [0.25, 0.3) is 0 Å². The van der Waals surface area contributed by atoms with Gasteiger partial charge in [-0.25, -0.2) is 4.79 Å². The van der Waals surface area contributed by atoms with Crippen LogP contribution in [0, 0.1) is 16.7 Å². The van der Waals surface area contributed by atoms with Crippen molar-refractivity contribution in [1.29, 1.82) is 5.26 Å². The molecule has 114 valence electrons. The Morgan fingerprint density at radius 3 is 2.55 bits per heavy atom. The van der Waals surface area contributed by atoms with Gasteiger partial charge in [-0.1, -0.05) is 24.3 Å². The summed E-state index contributed by atoms with van der Waals surface area (Å²) < 4.78 is 5.38. The van der Waals surface area contributed by atoms with Crippen LogP contribution in [0.25, 0.3) is 6.08 Å². The Bertz CT molecular complexity index is 682. The molecule has 1 saturated carbocycles. The van der Waals surface area contributed by atoms with Crippen LogP contribution in [0.1, 0.15) is 42.6 Å². The summed E-state index contributed by atoms with van der Waals surface area (Å²) in [5.41, 5.74) is -1.14. The minimum absolute atomic E-state index is 0.158. The molecule has 5 heteroatoms. The fourth-order valence-electron chi connectivity index (χ4n) is 2.52. The number of hydrogen-bond acceptors (Lipinski definition) is 4. The molecule has 0 aliphatic heterocycles. The van der Waals surface area contributed by atoms with Gasteiger partial charge in [0.15, 0.2) is 0 Å². The van der Waals surface area contributed by atoms with Crippen molar-refractivity contribution < 1.29 is 19.4 Å². The van der Waals surface area contributed by atoms with Gasteiger partial charge in [-0.15, -0.1) is 0 Å². The lowest BCUT2D eigenvalue weighted by atomic mass is 9.85. The monoisotopic (exact) mass is 299 g/mol. The molecule has 5 nitrogen and oxygen atoms in total. The van der Waals surface area contributed by atoms with Crippen molar-refractivity contribution in [2.45, 2.75) is 32.3 Å². The van der Waals surface area contributed by atoms with Gasteiger partial charge in [0.1, 0.15) is 11.0 Å². The van der Waals surface area contributed by atoms with Crippen LogP contribution in [0.4, 0.5) is 0 Å². The number of carboxylic acid groups (broad SMARTS) is 1. The highest BCUT2D eigenvalue weighted by Crippen LogP contribution is 2.56. The van der Waals surface area contributed by atoms with Crippen LogP contribution in [0.3, 0.4) is 0 Å². The van der Waals surface area contributed by atoms with Gasteiger partial charge >= 0.3 is 11.9 Å². The molecular formula is C17H17NO4. The third-order valence-electron chi connectivity index (χ3n) is 4.04. The molecule has 0 heterocycles. The van der Waals surface area contributed by atoms with Crippen LogP contribution in [0.2, 0.25) is 0 Å². The average Bonchev–Trinajstić information content (AvgIpc) is 3.26. The summed E-state index contributed by atoms with van der Waals surface area (Å²) in [5, 5.41) is 18.6. The van der Waals surface area contributed by atoms with Crippen LogP contribution in [0.15, 0.2) is 30.3 Å². The lowest BCUT2D eigenvalue weighted by Gasteiger charge is -2.30. The Balaban J connectivity index is 2.39. The molecule has 1 N–H and O–H groups in total. The second-order valence-electron chi connectivity index (χ2n) is 5.62. The Morgan fingerprint density at radius 1 is 1.41 bits per heavy atom. The van der Waals surface area contributed by atoms with E-state index >= 15 is 0 Å². The van der Waals surface area contributed by atoms with Crippen molar-refractivity contribution in [3.8, 4) is 6.07 Å². The molecule has 0 spiro atoms. The van der Waals surface area contributed by atoms with E-state index in [0.29, 0.717) is 18.4 Å².